The number of nitrogens with one attached hydrogen (secondary N) is 1. The third-order valence-electron chi connectivity index (χ3n) is 2.56. The molecule has 18 heavy (non-hydrogen) atoms. The average Bonchev–Trinajstić information content (AvgIpc) is 2.37. The molecule has 6 nitrogen and oxygen atoms in total. The molecule has 0 spiro atoms. The van der Waals surface area contributed by atoms with Crippen molar-refractivity contribution in [3.63, 3.8) is 0 Å². The van der Waals surface area contributed by atoms with Gasteiger partial charge in [0.25, 0.3) is 0 Å². The van der Waals surface area contributed by atoms with Crippen molar-refractivity contribution in [1.29, 1.82) is 0 Å². The zero-order chi connectivity index (χ0) is 13.6. The van der Waals surface area contributed by atoms with E-state index in [9.17, 15) is 4.79 Å². The van der Waals surface area contributed by atoms with E-state index < -0.39 is 0 Å². The highest BCUT2D eigenvalue weighted by Crippen LogP contribution is 2.05. The molecule has 0 saturated carbocycles. The van der Waals surface area contributed by atoms with Crippen molar-refractivity contribution >= 4 is 5.97 Å². The topological polar surface area (TPSA) is 87.1 Å². The Labute approximate surface area is 109 Å². The number of carbonyl (C=O) groups is 1. The molecule has 0 amide bonds. The number of unbranched alkanes of at least 4 members (excludes halogenated alkanes) is 2. The first kappa shape index (κ1) is 16.7. The molecular weight excluding hydrogens is 232 g/mol. The Hall–Kier alpha value is -1.26. The summed E-state index contributed by atoms with van der Waals surface area (Å²) >= 11 is 0. The maximum absolute atomic E-state index is 11.7. The van der Waals surface area contributed by atoms with Crippen molar-refractivity contribution in [3.05, 3.63) is 10.4 Å². The molecule has 0 aromatic heterocycles. The van der Waals surface area contributed by atoms with Crippen LogP contribution >= 0.6 is 0 Å². The van der Waals surface area contributed by atoms with Crippen molar-refractivity contribution in [2.45, 2.75) is 52.0 Å². The second kappa shape index (κ2) is 12.2. The van der Waals surface area contributed by atoms with E-state index in [4.69, 9.17) is 10.3 Å². The quantitative estimate of drug-likeness (QED) is 0.203. The molecule has 0 fully saturated rings. The van der Waals surface area contributed by atoms with Crippen LogP contribution in [0.15, 0.2) is 5.11 Å². The van der Waals surface area contributed by atoms with Gasteiger partial charge >= 0.3 is 5.97 Å². The van der Waals surface area contributed by atoms with Crippen LogP contribution in [0.3, 0.4) is 0 Å². The van der Waals surface area contributed by atoms with Gasteiger partial charge < -0.3 is 10.1 Å². The van der Waals surface area contributed by atoms with Gasteiger partial charge in [-0.15, -0.1) is 0 Å². The lowest BCUT2D eigenvalue weighted by Crippen LogP contribution is -2.38. The van der Waals surface area contributed by atoms with E-state index in [1.54, 1.807) is 0 Å². The number of nitrogens with zero attached hydrogens (tertiary/aromatic N) is 3. The first-order valence-electron chi connectivity index (χ1n) is 6.67. The minimum absolute atomic E-state index is 0.183. The Balaban J connectivity index is 3.95. The number of carbonyl (C=O) groups excluding carboxylic acids is 1. The molecule has 0 aromatic carbocycles. The van der Waals surface area contributed by atoms with Crippen molar-refractivity contribution in [2.75, 3.05) is 19.7 Å². The molecule has 1 N–H and O–H groups in total. The van der Waals surface area contributed by atoms with Gasteiger partial charge in [0.05, 0.1) is 6.61 Å². The van der Waals surface area contributed by atoms with Crippen LogP contribution in [0.4, 0.5) is 0 Å². The molecule has 0 rings (SSSR count). The Morgan fingerprint density at radius 2 is 2.17 bits per heavy atom. The summed E-state index contributed by atoms with van der Waals surface area (Å²) in [4.78, 5) is 14.4. The fourth-order valence-corrected chi connectivity index (χ4v) is 1.62. The van der Waals surface area contributed by atoms with Gasteiger partial charge in [-0.05, 0) is 31.8 Å². The number of azide groups is 1. The smallest absolute Gasteiger partial charge is 0.323 e. The van der Waals surface area contributed by atoms with Crippen LogP contribution in [0.5, 0.6) is 0 Å². The number of ether oxygens (including phenoxy) is 1. The summed E-state index contributed by atoms with van der Waals surface area (Å²) in [7, 11) is 0. The lowest BCUT2D eigenvalue weighted by Gasteiger charge is -2.16. The fraction of sp³-hybridized carbons (Fsp3) is 0.917. The van der Waals surface area contributed by atoms with Gasteiger partial charge in [0.15, 0.2) is 0 Å². The molecule has 0 aliphatic heterocycles. The third kappa shape index (κ3) is 8.84. The molecule has 1 unspecified atom stereocenters. The summed E-state index contributed by atoms with van der Waals surface area (Å²) in [5.74, 6) is -0.183. The molecule has 6 heteroatoms. The van der Waals surface area contributed by atoms with Crippen LogP contribution in [0.2, 0.25) is 0 Å². The first-order valence-corrected chi connectivity index (χ1v) is 6.67. The Morgan fingerprint density at radius 1 is 1.39 bits per heavy atom. The van der Waals surface area contributed by atoms with E-state index in [1.807, 2.05) is 6.92 Å². The van der Waals surface area contributed by atoms with Crippen LogP contribution < -0.4 is 5.32 Å². The second-order valence-corrected chi connectivity index (χ2v) is 4.06. The molecule has 0 aromatic rings. The summed E-state index contributed by atoms with van der Waals surface area (Å²) in [6.45, 7) is 5.46. The highest BCUT2D eigenvalue weighted by molar-refractivity contribution is 5.75. The summed E-state index contributed by atoms with van der Waals surface area (Å²) in [6.07, 6.45) is 4.80. The van der Waals surface area contributed by atoms with Crippen molar-refractivity contribution in [3.8, 4) is 0 Å². The molecule has 0 aliphatic rings. The van der Waals surface area contributed by atoms with E-state index in [0.717, 1.165) is 32.1 Å². The minimum Gasteiger partial charge on any atom is -0.465 e. The maximum atomic E-state index is 11.7. The fourth-order valence-electron chi connectivity index (χ4n) is 1.62. The van der Waals surface area contributed by atoms with Gasteiger partial charge in [0, 0.05) is 11.5 Å². The van der Waals surface area contributed by atoms with Crippen LogP contribution in [0, 0.1) is 0 Å². The van der Waals surface area contributed by atoms with Crippen LogP contribution in [-0.4, -0.2) is 31.7 Å². The first-order chi connectivity index (χ1) is 8.76. The molecule has 104 valence electrons. The summed E-state index contributed by atoms with van der Waals surface area (Å²) in [6, 6.07) is -0.234. The van der Waals surface area contributed by atoms with Gasteiger partial charge in [-0.1, -0.05) is 31.3 Å². The minimum atomic E-state index is -0.234. The molecule has 0 radical (unpaired) electrons. The van der Waals surface area contributed by atoms with Gasteiger partial charge in [-0.25, -0.2) is 0 Å². The SMILES string of the molecule is CCCCCC(NCCCN=[N+]=[N-])C(=O)OCC. The molecule has 0 aliphatic carbocycles. The summed E-state index contributed by atoms with van der Waals surface area (Å²) < 4.78 is 5.03. The highest BCUT2D eigenvalue weighted by atomic mass is 16.5. The molecule has 0 bridgehead atoms. The number of hydrogen-bond donors (Lipinski definition) is 1. The number of hydrogen-bond acceptors (Lipinski definition) is 4. The molecule has 0 heterocycles. The predicted octanol–water partition coefficient (Wildman–Crippen LogP) is 2.79. The third-order valence-corrected chi connectivity index (χ3v) is 2.56. The largest absolute Gasteiger partial charge is 0.465 e. The van der Waals surface area contributed by atoms with E-state index in [2.05, 4.69) is 22.3 Å². The zero-order valence-electron chi connectivity index (χ0n) is 11.4. The normalized spacial score (nSPS) is 11.7. The van der Waals surface area contributed by atoms with Crippen molar-refractivity contribution in [1.82, 2.24) is 5.32 Å². The molecular formula is C12H24N4O2. The Kier molecular flexibility index (Phi) is 11.3. The second-order valence-electron chi connectivity index (χ2n) is 4.06. The van der Waals surface area contributed by atoms with Gasteiger partial charge in [0.2, 0.25) is 0 Å². The predicted molar refractivity (Wildman–Crippen MR) is 71.2 cm³/mol. The van der Waals surface area contributed by atoms with Crippen molar-refractivity contribution < 1.29 is 9.53 Å². The molecule has 1 atom stereocenters. The zero-order valence-corrected chi connectivity index (χ0v) is 11.4. The van der Waals surface area contributed by atoms with Crippen molar-refractivity contribution in [2.24, 2.45) is 5.11 Å². The van der Waals surface area contributed by atoms with Gasteiger partial charge in [0.1, 0.15) is 6.04 Å². The number of esters is 1. The van der Waals surface area contributed by atoms with Crippen LogP contribution in [0.25, 0.3) is 10.4 Å². The van der Waals surface area contributed by atoms with E-state index in [1.165, 1.54) is 0 Å². The maximum Gasteiger partial charge on any atom is 0.323 e. The standard InChI is InChI=1S/C12H24N4O2/c1-3-5-6-8-11(12(17)18-4-2)14-9-7-10-15-16-13/h11,14H,3-10H2,1-2H3. The lowest BCUT2D eigenvalue weighted by molar-refractivity contribution is -0.145. The van der Waals surface area contributed by atoms with E-state index >= 15 is 0 Å². The Morgan fingerprint density at radius 3 is 2.78 bits per heavy atom. The van der Waals surface area contributed by atoms with Crippen LogP contribution in [0.1, 0.15) is 46.0 Å². The van der Waals surface area contributed by atoms with E-state index in [0.29, 0.717) is 19.7 Å². The summed E-state index contributed by atoms with van der Waals surface area (Å²) in [5, 5.41) is 6.61. The Bertz CT molecular complexity index is 265. The van der Waals surface area contributed by atoms with E-state index in [-0.39, 0.29) is 12.0 Å². The van der Waals surface area contributed by atoms with Crippen LogP contribution in [-0.2, 0) is 9.53 Å². The highest BCUT2D eigenvalue weighted by Gasteiger charge is 2.17. The molecule has 0 saturated heterocycles. The van der Waals surface area contributed by atoms with Gasteiger partial charge in [-0.3, -0.25) is 4.79 Å². The lowest BCUT2D eigenvalue weighted by atomic mass is 10.1. The monoisotopic (exact) mass is 256 g/mol. The van der Waals surface area contributed by atoms with Gasteiger partial charge in [-0.2, -0.15) is 0 Å². The average molecular weight is 256 g/mol. The summed E-state index contributed by atoms with van der Waals surface area (Å²) in [5.41, 5.74) is 8.14. The number of rotatable bonds is 11.